The van der Waals surface area contributed by atoms with Crippen molar-refractivity contribution < 1.29 is 9.59 Å². The van der Waals surface area contributed by atoms with Gasteiger partial charge in [-0.3, -0.25) is 14.4 Å². The molecule has 1 aromatic heterocycles. The molecule has 1 N–H and O–H groups in total. The fourth-order valence-electron chi connectivity index (χ4n) is 7.40. The lowest BCUT2D eigenvalue weighted by atomic mass is 9.83. The Morgan fingerprint density at radius 3 is 2.32 bits per heavy atom. The molecule has 0 aliphatic carbocycles. The minimum Gasteiger partial charge on any atom is -0.369 e. The number of piperidine rings is 1. The van der Waals surface area contributed by atoms with Crippen molar-refractivity contribution in [2.75, 3.05) is 36.4 Å². The van der Waals surface area contributed by atoms with Gasteiger partial charge in [-0.15, -0.1) is 0 Å². The lowest BCUT2D eigenvalue weighted by molar-refractivity contribution is 0.0772. The number of amides is 2. The van der Waals surface area contributed by atoms with Crippen LogP contribution < -0.4 is 15.8 Å². The van der Waals surface area contributed by atoms with Gasteiger partial charge in [-0.25, -0.2) is 0 Å². The molecule has 4 heterocycles. The summed E-state index contributed by atoms with van der Waals surface area (Å²) in [7, 11) is 0. The number of carbonyl (C=O) groups excluding carboxylic acids is 2. The SMILES string of the molecule is CC(C)(C)c1ccc(C(=O)Nc2cc(C(=O)N3CC=C(c4ccccc4)CC3)ccc2N2CC3CC(C2)c2cccc(=O)n2C3)cc1. The molecule has 3 aromatic carbocycles. The largest absolute Gasteiger partial charge is 0.369 e. The molecule has 4 aromatic rings. The van der Waals surface area contributed by atoms with E-state index in [0.29, 0.717) is 42.4 Å². The summed E-state index contributed by atoms with van der Waals surface area (Å²) >= 11 is 0. The number of pyridine rings is 1. The van der Waals surface area contributed by atoms with Gasteiger partial charge in [-0.05, 0) is 77.3 Å². The van der Waals surface area contributed by atoms with Gasteiger partial charge in [-0.1, -0.05) is 75.4 Å². The van der Waals surface area contributed by atoms with E-state index in [0.717, 1.165) is 42.9 Å². The van der Waals surface area contributed by atoms with E-state index in [1.807, 2.05) is 76.2 Å². The number of rotatable bonds is 5. The highest BCUT2D eigenvalue weighted by Gasteiger charge is 2.35. The summed E-state index contributed by atoms with van der Waals surface area (Å²) in [6, 6.07) is 29.3. The van der Waals surface area contributed by atoms with Gasteiger partial charge in [0.05, 0.1) is 11.4 Å². The molecule has 7 heteroatoms. The van der Waals surface area contributed by atoms with E-state index in [1.54, 1.807) is 6.07 Å². The second-order valence-corrected chi connectivity index (χ2v) is 14.2. The van der Waals surface area contributed by atoms with Crippen LogP contribution in [0.15, 0.2) is 102 Å². The van der Waals surface area contributed by atoms with Crippen LogP contribution in [-0.4, -0.2) is 47.5 Å². The summed E-state index contributed by atoms with van der Waals surface area (Å²) in [4.78, 5) is 44.3. The van der Waals surface area contributed by atoms with Crippen molar-refractivity contribution in [2.45, 2.75) is 51.5 Å². The van der Waals surface area contributed by atoms with Crippen LogP contribution in [0.25, 0.3) is 5.57 Å². The van der Waals surface area contributed by atoms with Gasteiger partial charge in [0, 0.05) is 61.5 Å². The number of fused-ring (bicyclic) bond motifs is 4. The zero-order chi connectivity index (χ0) is 32.7. The predicted octanol–water partition coefficient (Wildman–Crippen LogP) is 6.95. The minimum atomic E-state index is -0.209. The summed E-state index contributed by atoms with van der Waals surface area (Å²) in [5, 5.41) is 3.18. The third kappa shape index (κ3) is 6.27. The number of nitrogens with one attached hydrogen (secondary N) is 1. The van der Waals surface area contributed by atoms with Crippen LogP contribution >= 0.6 is 0 Å². The van der Waals surface area contributed by atoms with Crippen molar-refractivity contribution in [2.24, 2.45) is 5.92 Å². The van der Waals surface area contributed by atoms with Crippen LogP contribution in [0.5, 0.6) is 0 Å². The average molecular weight is 627 g/mol. The maximum atomic E-state index is 13.8. The van der Waals surface area contributed by atoms with E-state index < -0.39 is 0 Å². The van der Waals surface area contributed by atoms with Crippen molar-refractivity contribution in [1.82, 2.24) is 9.47 Å². The van der Waals surface area contributed by atoms with Crippen LogP contribution in [0.1, 0.15) is 77.1 Å². The fourth-order valence-corrected chi connectivity index (χ4v) is 7.40. The Labute approximate surface area is 276 Å². The Bertz CT molecular complexity index is 1900. The molecule has 1 saturated heterocycles. The summed E-state index contributed by atoms with van der Waals surface area (Å²) in [6.07, 6.45) is 3.97. The standard InChI is InChI=1S/C40H42N4O3/c1-40(2,3)33-15-12-30(13-16-33)38(46)41-34-23-31(39(47)42-20-18-29(19-21-42)28-8-5-4-6-9-28)14-17-36(34)43-24-27-22-32(26-43)35-10-7-11-37(45)44(35)25-27/h4-18,23,27,32H,19-22,24-26H2,1-3H3,(H,41,46). The van der Waals surface area contributed by atoms with E-state index in [-0.39, 0.29) is 28.7 Å². The van der Waals surface area contributed by atoms with Crippen LogP contribution in [0, 0.1) is 5.92 Å². The van der Waals surface area contributed by atoms with Gasteiger partial charge >= 0.3 is 0 Å². The fraction of sp³-hybridized carbons (Fsp3) is 0.325. The Balaban J connectivity index is 1.18. The molecule has 2 atom stereocenters. The van der Waals surface area contributed by atoms with Gasteiger partial charge in [0.1, 0.15) is 0 Å². The maximum absolute atomic E-state index is 13.8. The molecule has 7 rings (SSSR count). The summed E-state index contributed by atoms with van der Waals surface area (Å²) < 4.78 is 1.93. The molecule has 240 valence electrons. The van der Waals surface area contributed by atoms with Gasteiger partial charge in [0.15, 0.2) is 0 Å². The summed E-state index contributed by atoms with van der Waals surface area (Å²) in [6.45, 7) is 9.83. The Morgan fingerprint density at radius 1 is 0.830 bits per heavy atom. The van der Waals surface area contributed by atoms with Crippen LogP contribution in [0.2, 0.25) is 0 Å². The van der Waals surface area contributed by atoms with Crippen LogP contribution in [-0.2, 0) is 12.0 Å². The first-order valence-electron chi connectivity index (χ1n) is 16.7. The molecule has 7 nitrogen and oxygen atoms in total. The number of carbonyl (C=O) groups is 2. The predicted molar refractivity (Wildman–Crippen MR) is 188 cm³/mol. The van der Waals surface area contributed by atoms with Crippen molar-refractivity contribution in [3.05, 3.63) is 135 Å². The Kier molecular flexibility index (Phi) is 8.08. The first kappa shape index (κ1) is 30.7. The van der Waals surface area contributed by atoms with Crippen molar-refractivity contribution >= 4 is 28.8 Å². The monoisotopic (exact) mass is 626 g/mol. The normalized spacial score (nSPS) is 19.1. The minimum absolute atomic E-state index is 0.0154. The van der Waals surface area contributed by atoms with Crippen LogP contribution in [0.3, 0.4) is 0 Å². The highest BCUT2D eigenvalue weighted by molar-refractivity contribution is 6.07. The van der Waals surface area contributed by atoms with E-state index in [9.17, 15) is 14.4 Å². The molecular weight excluding hydrogens is 584 g/mol. The van der Waals surface area contributed by atoms with E-state index >= 15 is 0 Å². The first-order valence-corrected chi connectivity index (χ1v) is 16.7. The second-order valence-electron chi connectivity index (χ2n) is 14.2. The number of benzene rings is 3. The molecule has 2 unspecified atom stereocenters. The van der Waals surface area contributed by atoms with Gasteiger partial charge in [-0.2, -0.15) is 0 Å². The summed E-state index contributed by atoms with van der Waals surface area (Å²) in [5.74, 6) is 0.271. The molecule has 0 radical (unpaired) electrons. The van der Waals surface area contributed by atoms with Gasteiger partial charge in [0.25, 0.3) is 17.4 Å². The lowest BCUT2D eigenvalue weighted by Gasteiger charge is -2.44. The quantitative estimate of drug-likeness (QED) is 0.260. The number of hydrogen-bond donors (Lipinski definition) is 1. The molecule has 3 aliphatic heterocycles. The molecule has 2 amide bonds. The van der Waals surface area contributed by atoms with Gasteiger partial charge in [0.2, 0.25) is 0 Å². The molecule has 47 heavy (non-hydrogen) atoms. The van der Waals surface area contributed by atoms with E-state index in [1.165, 1.54) is 11.1 Å². The van der Waals surface area contributed by atoms with Crippen molar-refractivity contribution in [3.8, 4) is 0 Å². The van der Waals surface area contributed by atoms with E-state index in [4.69, 9.17) is 0 Å². The molecular formula is C40H42N4O3. The molecule has 1 fully saturated rings. The maximum Gasteiger partial charge on any atom is 0.255 e. The molecule has 3 aliphatic rings. The number of aromatic nitrogens is 1. The zero-order valence-corrected chi connectivity index (χ0v) is 27.4. The first-order chi connectivity index (χ1) is 22.6. The van der Waals surface area contributed by atoms with Gasteiger partial charge < -0.3 is 19.7 Å². The topological polar surface area (TPSA) is 74.7 Å². The van der Waals surface area contributed by atoms with Crippen molar-refractivity contribution in [3.63, 3.8) is 0 Å². The molecule has 2 bridgehead atoms. The number of anilines is 2. The smallest absolute Gasteiger partial charge is 0.255 e. The Morgan fingerprint density at radius 2 is 1.60 bits per heavy atom. The average Bonchev–Trinajstić information content (AvgIpc) is 3.08. The summed E-state index contributed by atoms with van der Waals surface area (Å²) in [5.41, 5.74) is 7.38. The second kappa shape index (κ2) is 12.4. The number of nitrogens with zero attached hydrogens (tertiary/aromatic N) is 3. The number of hydrogen-bond acceptors (Lipinski definition) is 4. The highest BCUT2D eigenvalue weighted by Crippen LogP contribution is 2.39. The zero-order valence-electron chi connectivity index (χ0n) is 27.4. The lowest BCUT2D eigenvalue weighted by Crippen LogP contribution is -2.47. The molecule has 0 saturated carbocycles. The Hall–Kier alpha value is -4.91. The third-order valence-electron chi connectivity index (χ3n) is 9.97. The van der Waals surface area contributed by atoms with Crippen LogP contribution in [0.4, 0.5) is 11.4 Å². The molecule has 0 spiro atoms. The highest BCUT2D eigenvalue weighted by atomic mass is 16.2. The third-order valence-corrected chi connectivity index (χ3v) is 9.97. The van der Waals surface area contributed by atoms with Crippen molar-refractivity contribution in [1.29, 1.82) is 0 Å². The van der Waals surface area contributed by atoms with E-state index in [2.05, 4.69) is 55.3 Å².